The van der Waals surface area contributed by atoms with Crippen molar-refractivity contribution in [3.63, 3.8) is 0 Å². The lowest BCUT2D eigenvalue weighted by molar-refractivity contribution is 0.213. The van der Waals surface area contributed by atoms with Crippen LogP contribution >= 0.6 is 0 Å². The average Bonchev–Trinajstić information content (AvgIpc) is 3.11. The van der Waals surface area contributed by atoms with Crippen molar-refractivity contribution in [1.82, 2.24) is 0 Å². The molecule has 0 saturated carbocycles. The molecule has 0 amide bonds. The van der Waals surface area contributed by atoms with Crippen molar-refractivity contribution in [2.45, 2.75) is 13.0 Å². The number of ether oxygens (including phenoxy) is 2. The van der Waals surface area contributed by atoms with E-state index < -0.39 is 0 Å². The molecule has 1 atom stereocenters. The summed E-state index contributed by atoms with van der Waals surface area (Å²) in [5.74, 6) is 0.851. The third-order valence-electron chi connectivity index (χ3n) is 2.34. The molecule has 4 heteroatoms. The van der Waals surface area contributed by atoms with Gasteiger partial charge in [-0.25, -0.2) is 0 Å². The molecule has 16 heavy (non-hydrogen) atoms. The molecule has 0 unspecified atom stereocenters. The third-order valence-corrected chi connectivity index (χ3v) is 2.34. The topological polar surface area (TPSA) is 43.4 Å². The SMILES string of the molecule is CO/N=C(/C)c1ccc(OC[C@@H]2CO2)cc1. The molecule has 0 bridgehead atoms. The van der Waals surface area contributed by atoms with Crippen molar-refractivity contribution >= 4 is 5.71 Å². The van der Waals surface area contributed by atoms with Crippen LogP contribution in [0.5, 0.6) is 5.75 Å². The second-order valence-electron chi connectivity index (χ2n) is 3.65. The van der Waals surface area contributed by atoms with Crippen LogP contribution in [0.2, 0.25) is 0 Å². The molecule has 1 saturated heterocycles. The van der Waals surface area contributed by atoms with Crippen LogP contribution in [-0.2, 0) is 9.57 Å². The molecule has 0 N–H and O–H groups in total. The highest BCUT2D eigenvalue weighted by Crippen LogP contribution is 2.16. The molecule has 2 rings (SSSR count). The van der Waals surface area contributed by atoms with Gasteiger partial charge in [0.05, 0.1) is 12.3 Å². The maximum absolute atomic E-state index is 5.53. The first kappa shape index (κ1) is 11.0. The van der Waals surface area contributed by atoms with E-state index in [0.717, 1.165) is 23.6 Å². The van der Waals surface area contributed by atoms with E-state index in [1.54, 1.807) is 0 Å². The lowest BCUT2D eigenvalue weighted by atomic mass is 10.1. The highest BCUT2D eigenvalue weighted by molar-refractivity contribution is 5.98. The summed E-state index contributed by atoms with van der Waals surface area (Å²) in [5, 5.41) is 3.86. The molecule has 0 aromatic heterocycles. The van der Waals surface area contributed by atoms with Crippen molar-refractivity contribution in [3.8, 4) is 5.75 Å². The third kappa shape index (κ3) is 2.97. The Balaban J connectivity index is 1.94. The van der Waals surface area contributed by atoms with Crippen LogP contribution in [0.3, 0.4) is 0 Å². The normalized spacial score (nSPS) is 19.4. The second kappa shape index (κ2) is 4.99. The number of nitrogens with zero attached hydrogens (tertiary/aromatic N) is 1. The van der Waals surface area contributed by atoms with Gasteiger partial charge in [-0.3, -0.25) is 0 Å². The Hall–Kier alpha value is -1.55. The summed E-state index contributed by atoms with van der Waals surface area (Å²) < 4.78 is 10.6. The van der Waals surface area contributed by atoms with E-state index in [9.17, 15) is 0 Å². The fourth-order valence-electron chi connectivity index (χ4n) is 1.34. The fraction of sp³-hybridized carbons (Fsp3) is 0.417. The summed E-state index contributed by atoms with van der Waals surface area (Å²) in [7, 11) is 1.54. The fourth-order valence-corrected chi connectivity index (χ4v) is 1.34. The van der Waals surface area contributed by atoms with Crippen LogP contribution in [0.1, 0.15) is 12.5 Å². The zero-order valence-corrected chi connectivity index (χ0v) is 9.47. The predicted molar refractivity (Wildman–Crippen MR) is 60.9 cm³/mol. The lowest BCUT2D eigenvalue weighted by Gasteiger charge is -2.05. The predicted octanol–water partition coefficient (Wildman–Crippen LogP) is 1.83. The molecule has 1 aromatic rings. The summed E-state index contributed by atoms with van der Waals surface area (Å²) in [6.07, 6.45) is 0.288. The Kier molecular flexibility index (Phi) is 3.41. The molecule has 1 fully saturated rings. The van der Waals surface area contributed by atoms with Crippen LogP contribution in [0.15, 0.2) is 29.4 Å². The van der Waals surface area contributed by atoms with E-state index >= 15 is 0 Å². The van der Waals surface area contributed by atoms with Crippen molar-refractivity contribution in [3.05, 3.63) is 29.8 Å². The van der Waals surface area contributed by atoms with Gasteiger partial charge in [0, 0.05) is 0 Å². The molecule has 0 radical (unpaired) electrons. The molecular formula is C12H15NO3. The van der Waals surface area contributed by atoms with E-state index in [0.29, 0.717) is 6.61 Å². The highest BCUT2D eigenvalue weighted by atomic mass is 16.6. The average molecular weight is 221 g/mol. The van der Waals surface area contributed by atoms with E-state index in [2.05, 4.69) is 5.16 Å². The molecule has 1 aromatic carbocycles. The quantitative estimate of drug-likeness (QED) is 0.433. The largest absolute Gasteiger partial charge is 0.491 e. The monoisotopic (exact) mass is 221 g/mol. The summed E-state index contributed by atoms with van der Waals surface area (Å²) in [6, 6.07) is 7.76. The van der Waals surface area contributed by atoms with Crippen molar-refractivity contribution in [2.75, 3.05) is 20.3 Å². The zero-order chi connectivity index (χ0) is 11.4. The van der Waals surface area contributed by atoms with Gasteiger partial charge in [-0.05, 0) is 36.8 Å². The van der Waals surface area contributed by atoms with E-state index in [1.807, 2.05) is 31.2 Å². The molecular weight excluding hydrogens is 206 g/mol. The number of rotatable bonds is 5. The molecule has 0 spiro atoms. The number of oxime groups is 1. The summed E-state index contributed by atoms with van der Waals surface area (Å²) in [6.45, 7) is 3.35. The molecule has 1 aliphatic heterocycles. The Morgan fingerprint density at radius 2 is 2.12 bits per heavy atom. The maximum Gasteiger partial charge on any atom is 0.119 e. The van der Waals surface area contributed by atoms with E-state index in [-0.39, 0.29) is 6.10 Å². The van der Waals surface area contributed by atoms with Gasteiger partial charge in [0.15, 0.2) is 0 Å². The first-order valence-corrected chi connectivity index (χ1v) is 5.22. The smallest absolute Gasteiger partial charge is 0.119 e. The number of benzene rings is 1. The summed E-state index contributed by atoms with van der Waals surface area (Å²) >= 11 is 0. The molecule has 4 nitrogen and oxygen atoms in total. The minimum absolute atomic E-state index is 0.288. The molecule has 1 heterocycles. The Labute approximate surface area is 94.8 Å². The Morgan fingerprint density at radius 1 is 1.44 bits per heavy atom. The Morgan fingerprint density at radius 3 is 2.69 bits per heavy atom. The highest BCUT2D eigenvalue weighted by Gasteiger charge is 2.22. The van der Waals surface area contributed by atoms with Crippen LogP contribution in [-0.4, -0.2) is 32.1 Å². The maximum atomic E-state index is 5.53. The lowest BCUT2D eigenvalue weighted by Crippen LogP contribution is -2.04. The van der Waals surface area contributed by atoms with Gasteiger partial charge in [0.2, 0.25) is 0 Å². The second-order valence-corrected chi connectivity index (χ2v) is 3.65. The van der Waals surface area contributed by atoms with Gasteiger partial charge in [-0.2, -0.15) is 0 Å². The van der Waals surface area contributed by atoms with Crippen LogP contribution in [0.4, 0.5) is 0 Å². The first-order valence-electron chi connectivity index (χ1n) is 5.22. The Bertz CT molecular complexity index is 368. The number of epoxide rings is 1. The minimum Gasteiger partial charge on any atom is -0.491 e. The van der Waals surface area contributed by atoms with Crippen LogP contribution in [0, 0.1) is 0 Å². The summed E-state index contributed by atoms with van der Waals surface area (Å²) in [5.41, 5.74) is 1.87. The number of hydrogen-bond donors (Lipinski definition) is 0. The number of hydrogen-bond acceptors (Lipinski definition) is 4. The van der Waals surface area contributed by atoms with Gasteiger partial charge >= 0.3 is 0 Å². The first-order chi connectivity index (χ1) is 7.79. The van der Waals surface area contributed by atoms with Crippen molar-refractivity contribution in [1.29, 1.82) is 0 Å². The van der Waals surface area contributed by atoms with E-state index in [1.165, 1.54) is 7.11 Å². The van der Waals surface area contributed by atoms with Gasteiger partial charge in [-0.15, -0.1) is 0 Å². The van der Waals surface area contributed by atoms with Gasteiger partial charge < -0.3 is 14.3 Å². The van der Waals surface area contributed by atoms with Crippen molar-refractivity contribution in [2.24, 2.45) is 5.16 Å². The molecule has 0 aliphatic carbocycles. The van der Waals surface area contributed by atoms with Gasteiger partial charge in [0.1, 0.15) is 25.6 Å². The van der Waals surface area contributed by atoms with Crippen molar-refractivity contribution < 1.29 is 14.3 Å². The van der Waals surface area contributed by atoms with E-state index in [4.69, 9.17) is 14.3 Å². The van der Waals surface area contributed by atoms with Crippen LogP contribution < -0.4 is 4.74 Å². The van der Waals surface area contributed by atoms with Gasteiger partial charge in [-0.1, -0.05) is 5.16 Å². The molecule has 1 aliphatic rings. The summed E-state index contributed by atoms with van der Waals surface area (Å²) in [4.78, 5) is 4.72. The molecule has 86 valence electrons. The minimum atomic E-state index is 0.288. The zero-order valence-electron chi connectivity index (χ0n) is 9.47. The van der Waals surface area contributed by atoms with Crippen LogP contribution in [0.25, 0.3) is 0 Å². The van der Waals surface area contributed by atoms with Gasteiger partial charge in [0.25, 0.3) is 0 Å². The standard InChI is InChI=1S/C12H15NO3/c1-9(13-14-2)10-3-5-11(6-4-10)15-7-12-8-16-12/h3-6,12H,7-8H2,1-2H3/b13-9-/t12-/m1/s1.